The van der Waals surface area contributed by atoms with Crippen LogP contribution in [0.4, 0.5) is 0 Å². The third-order valence-corrected chi connectivity index (χ3v) is 4.36. The van der Waals surface area contributed by atoms with Crippen LogP contribution in [-0.2, 0) is 6.54 Å². The molecule has 0 aliphatic heterocycles. The Morgan fingerprint density at radius 3 is 2.71 bits per heavy atom. The van der Waals surface area contributed by atoms with Gasteiger partial charge in [-0.2, -0.15) is 0 Å². The van der Waals surface area contributed by atoms with Crippen molar-refractivity contribution >= 4 is 5.91 Å². The third-order valence-electron chi connectivity index (χ3n) is 4.36. The highest BCUT2D eigenvalue weighted by Gasteiger charge is 2.16. The Morgan fingerprint density at radius 1 is 1.33 bits per heavy atom. The molecular formula is C19H27N3O2. The molecule has 1 atom stereocenters. The van der Waals surface area contributed by atoms with E-state index in [9.17, 15) is 9.90 Å². The van der Waals surface area contributed by atoms with Gasteiger partial charge in [-0.05, 0) is 44.4 Å². The minimum absolute atomic E-state index is 0.0914. The molecule has 2 aromatic heterocycles. The zero-order valence-electron chi connectivity index (χ0n) is 14.9. The van der Waals surface area contributed by atoms with Crippen LogP contribution in [0.3, 0.4) is 0 Å². The van der Waals surface area contributed by atoms with E-state index in [-0.39, 0.29) is 17.9 Å². The van der Waals surface area contributed by atoms with Gasteiger partial charge >= 0.3 is 0 Å². The lowest BCUT2D eigenvalue weighted by molar-refractivity contribution is 0.0919. The zero-order chi connectivity index (χ0) is 17.7. The number of nitrogens with one attached hydrogen (secondary N) is 1. The predicted molar refractivity (Wildman–Crippen MR) is 95.0 cm³/mol. The van der Waals surface area contributed by atoms with Crippen LogP contribution < -0.4 is 5.32 Å². The summed E-state index contributed by atoms with van der Waals surface area (Å²) in [5.41, 5.74) is 3.61. The van der Waals surface area contributed by atoms with Crippen molar-refractivity contribution in [2.75, 3.05) is 6.54 Å². The number of amides is 1. The molecule has 0 spiro atoms. The number of pyridine rings is 1. The van der Waals surface area contributed by atoms with Gasteiger partial charge in [-0.1, -0.05) is 19.9 Å². The topological polar surface area (TPSA) is 67.2 Å². The molecule has 0 bridgehead atoms. The molecule has 5 heteroatoms. The van der Waals surface area contributed by atoms with Gasteiger partial charge in [0.1, 0.15) is 0 Å². The number of hydrogen-bond acceptors (Lipinski definition) is 3. The highest BCUT2D eigenvalue weighted by molar-refractivity contribution is 5.95. The summed E-state index contributed by atoms with van der Waals surface area (Å²) in [6.45, 7) is 9.01. The minimum atomic E-state index is -0.387. The molecule has 2 heterocycles. The first-order valence-electron chi connectivity index (χ1n) is 8.43. The van der Waals surface area contributed by atoms with Gasteiger partial charge in [0.05, 0.1) is 23.9 Å². The lowest BCUT2D eigenvalue weighted by atomic mass is 10.0. The van der Waals surface area contributed by atoms with Gasteiger partial charge in [-0.3, -0.25) is 9.78 Å². The number of rotatable bonds is 7. The van der Waals surface area contributed by atoms with E-state index < -0.39 is 0 Å². The Balaban J connectivity index is 2.03. The molecule has 5 nitrogen and oxygen atoms in total. The summed E-state index contributed by atoms with van der Waals surface area (Å²) in [4.78, 5) is 16.8. The summed E-state index contributed by atoms with van der Waals surface area (Å²) in [6.07, 6.45) is 1.95. The molecule has 2 rings (SSSR count). The second kappa shape index (κ2) is 8.11. The summed E-state index contributed by atoms with van der Waals surface area (Å²) in [5, 5.41) is 12.7. The lowest BCUT2D eigenvalue weighted by Gasteiger charge is -2.14. The van der Waals surface area contributed by atoms with E-state index in [4.69, 9.17) is 0 Å². The van der Waals surface area contributed by atoms with Gasteiger partial charge in [0.25, 0.3) is 5.91 Å². The summed E-state index contributed by atoms with van der Waals surface area (Å²) in [7, 11) is 0. The number of nitrogens with zero attached hydrogens (tertiary/aromatic N) is 2. The quantitative estimate of drug-likeness (QED) is 0.821. The Labute approximate surface area is 143 Å². The molecule has 0 aromatic carbocycles. The standard InChI is InChI=1S/C19H27N3O2/c1-13(2)18(23)8-10-21-19(24)17-11-14(3)22(15(17)4)12-16-7-5-6-9-20-16/h5-7,9,11,13,18,23H,8,10,12H2,1-4H3,(H,21,24). The molecule has 0 saturated carbocycles. The Bertz CT molecular complexity index is 677. The lowest BCUT2D eigenvalue weighted by Crippen LogP contribution is -2.29. The number of aliphatic hydroxyl groups excluding tert-OH is 1. The van der Waals surface area contributed by atoms with E-state index >= 15 is 0 Å². The summed E-state index contributed by atoms with van der Waals surface area (Å²) in [6, 6.07) is 7.74. The zero-order valence-corrected chi connectivity index (χ0v) is 14.9. The fourth-order valence-corrected chi connectivity index (χ4v) is 2.69. The van der Waals surface area contributed by atoms with Crippen molar-refractivity contribution in [3.63, 3.8) is 0 Å². The molecule has 0 fully saturated rings. The molecule has 2 N–H and O–H groups in total. The van der Waals surface area contributed by atoms with Gasteiger partial charge in [-0.15, -0.1) is 0 Å². The van der Waals surface area contributed by atoms with E-state index in [1.54, 1.807) is 6.20 Å². The highest BCUT2D eigenvalue weighted by atomic mass is 16.3. The van der Waals surface area contributed by atoms with Crippen LogP contribution in [0.2, 0.25) is 0 Å². The normalized spacial score (nSPS) is 12.4. The van der Waals surface area contributed by atoms with E-state index in [0.717, 1.165) is 17.1 Å². The first-order valence-corrected chi connectivity index (χ1v) is 8.43. The second-order valence-electron chi connectivity index (χ2n) is 6.55. The Morgan fingerprint density at radius 2 is 2.08 bits per heavy atom. The largest absolute Gasteiger partial charge is 0.393 e. The van der Waals surface area contributed by atoms with Gasteiger partial charge in [0.15, 0.2) is 0 Å². The maximum Gasteiger partial charge on any atom is 0.253 e. The maximum absolute atomic E-state index is 12.4. The molecule has 0 aliphatic carbocycles. The van der Waals surface area contributed by atoms with Crippen molar-refractivity contribution in [1.82, 2.24) is 14.9 Å². The molecule has 24 heavy (non-hydrogen) atoms. The predicted octanol–water partition coefficient (Wildman–Crippen LogP) is 2.69. The first-order chi connectivity index (χ1) is 11.4. The average Bonchev–Trinajstić information content (AvgIpc) is 2.83. The van der Waals surface area contributed by atoms with Crippen molar-refractivity contribution in [2.45, 2.75) is 46.8 Å². The highest BCUT2D eigenvalue weighted by Crippen LogP contribution is 2.16. The van der Waals surface area contributed by atoms with E-state index in [2.05, 4.69) is 14.9 Å². The van der Waals surface area contributed by atoms with Crippen molar-refractivity contribution in [3.8, 4) is 0 Å². The maximum atomic E-state index is 12.4. The van der Waals surface area contributed by atoms with Crippen molar-refractivity contribution in [2.24, 2.45) is 5.92 Å². The number of carbonyl (C=O) groups is 1. The summed E-state index contributed by atoms with van der Waals surface area (Å²) >= 11 is 0. The average molecular weight is 329 g/mol. The number of carbonyl (C=O) groups excluding carboxylic acids is 1. The van der Waals surface area contributed by atoms with Crippen LogP contribution in [0, 0.1) is 19.8 Å². The van der Waals surface area contributed by atoms with Crippen LogP contribution in [0.25, 0.3) is 0 Å². The molecule has 1 amide bonds. The number of aromatic nitrogens is 2. The molecule has 2 aromatic rings. The second-order valence-corrected chi connectivity index (χ2v) is 6.55. The van der Waals surface area contributed by atoms with Crippen molar-refractivity contribution in [1.29, 1.82) is 0 Å². The fraction of sp³-hybridized carbons (Fsp3) is 0.474. The molecule has 0 aliphatic rings. The van der Waals surface area contributed by atoms with Crippen LogP contribution in [-0.4, -0.2) is 33.2 Å². The van der Waals surface area contributed by atoms with Crippen LogP contribution in [0.15, 0.2) is 30.5 Å². The monoisotopic (exact) mass is 329 g/mol. The summed E-state index contributed by atoms with van der Waals surface area (Å²) < 4.78 is 2.10. The van der Waals surface area contributed by atoms with E-state index in [1.807, 2.05) is 52.0 Å². The molecule has 130 valence electrons. The van der Waals surface area contributed by atoms with Crippen LogP contribution in [0.5, 0.6) is 0 Å². The fourth-order valence-electron chi connectivity index (χ4n) is 2.69. The molecule has 0 radical (unpaired) electrons. The third kappa shape index (κ3) is 4.45. The Hall–Kier alpha value is -2.14. The van der Waals surface area contributed by atoms with Gasteiger partial charge < -0.3 is 15.0 Å². The number of hydrogen-bond donors (Lipinski definition) is 2. The Kier molecular flexibility index (Phi) is 6.15. The molecule has 0 saturated heterocycles. The minimum Gasteiger partial charge on any atom is -0.393 e. The number of aryl methyl sites for hydroxylation is 1. The van der Waals surface area contributed by atoms with Crippen molar-refractivity contribution < 1.29 is 9.90 Å². The van der Waals surface area contributed by atoms with Gasteiger partial charge in [-0.25, -0.2) is 0 Å². The van der Waals surface area contributed by atoms with Crippen molar-refractivity contribution in [3.05, 3.63) is 53.1 Å². The summed E-state index contributed by atoms with van der Waals surface area (Å²) in [5.74, 6) is 0.108. The van der Waals surface area contributed by atoms with E-state index in [0.29, 0.717) is 25.1 Å². The van der Waals surface area contributed by atoms with Gasteiger partial charge in [0.2, 0.25) is 0 Å². The van der Waals surface area contributed by atoms with Gasteiger partial charge in [0, 0.05) is 24.1 Å². The molecular weight excluding hydrogens is 302 g/mol. The molecule has 1 unspecified atom stereocenters. The SMILES string of the molecule is Cc1cc(C(=O)NCCC(O)C(C)C)c(C)n1Cc1ccccn1. The van der Waals surface area contributed by atoms with Crippen LogP contribution >= 0.6 is 0 Å². The van der Waals surface area contributed by atoms with E-state index in [1.165, 1.54) is 0 Å². The first kappa shape index (κ1) is 18.2. The smallest absolute Gasteiger partial charge is 0.253 e. The number of aliphatic hydroxyl groups is 1. The van der Waals surface area contributed by atoms with Crippen LogP contribution in [0.1, 0.15) is 47.7 Å².